The maximum atomic E-state index is 5.34. The van der Waals surface area contributed by atoms with E-state index in [-0.39, 0.29) is 0 Å². The smallest absolute Gasteiger partial charge is 0.237 e. The molecule has 0 aliphatic carbocycles. The molecule has 8 heteroatoms. The molecule has 3 aromatic rings. The molecule has 0 atom stereocenters. The molecule has 0 bridgehead atoms. The summed E-state index contributed by atoms with van der Waals surface area (Å²) in [7, 11) is 0. The van der Waals surface area contributed by atoms with Crippen molar-refractivity contribution < 1.29 is 8.94 Å². The molecule has 0 amide bonds. The topological polar surface area (TPSA) is 82.8 Å². The number of hydrogen-bond donors (Lipinski definition) is 0. The summed E-state index contributed by atoms with van der Waals surface area (Å²) in [6.07, 6.45) is 4.16. The van der Waals surface area contributed by atoms with Gasteiger partial charge in [0.2, 0.25) is 5.89 Å². The number of thioether (sulfide) groups is 1. The molecule has 3 rings (SSSR count). The Labute approximate surface area is 132 Å². The van der Waals surface area contributed by atoms with E-state index in [9.17, 15) is 0 Å². The predicted octanol–water partition coefficient (Wildman–Crippen LogP) is 2.79. The fourth-order valence-corrected chi connectivity index (χ4v) is 2.71. The zero-order valence-electron chi connectivity index (χ0n) is 12.5. The highest BCUT2D eigenvalue weighted by atomic mass is 32.2. The van der Waals surface area contributed by atoms with Crippen LogP contribution >= 0.6 is 11.8 Å². The van der Waals surface area contributed by atoms with E-state index in [0.717, 1.165) is 23.2 Å². The maximum absolute atomic E-state index is 5.34. The Morgan fingerprint density at radius 2 is 2.27 bits per heavy atom. The fraction of sp³-hybridized carbons (Fsp3) is 0.429. The molecular formula is C14H17N5O2S. The van der Waals surface area contributed by atoms with Crippen molar-refractivity contribution in [2.45, 2.75) is 37.7 Å². The third-order valence-electron chi connectivity index (χ3n) is 2.91. The van der Waals surface area contributed by atoms with Crippen molar-refractivity contribution in [1.82, 2.24) is 24.9 Å². The first-order valence-electron chi connectivity index (χ1n) is 7.05. The lowest BCUT2D eigenvalue weighted by atomic mass is 10.1. The van der Waals surface area contributed by atoms with Gasteiger partial charge in [0.05, 0.1) is 18.6 Å². The van der Waals surface area contributed by atoms with Crippen molar-refractivity contribution in [2.75, 3.05) is 0 Å². The summed E-state index contributed by atoms with van der Waals surface area (Å²) in [4.78, 5) is 4.38. The predicted molar refractivity (Wildman–Crippen MR) is 80.2 cm³/mol. The maximum Gasteiger partial charge on any atom is 0.237 e. The van der Waals surface area contributed by atoms with Gasteiger partial charge in [-0.25, -0.2) is 0 Å². The van der Waals surface area contributed by atoms with Crippen molar-refractivity contribution >= 4 is 11.8 Å². The molecule has 0 fully saturated rings. The summed E-state index contributed by atoms with van der Waals surface area (Å²) in [5, 5.41) is 12.8. The van der Waals surface area contributed by atoms with Gasteiger partial charge >= 0.3 is 0 Å². The van der Waals surface area contributed by atoms with Crippen molar-refractivity contribution in [3.8, 4) is 0 Å². The van der Waals surface area contributed by atoms with Gasteiger partial charge in [0, 0.05) is 6.42 Å². The molecule has 0 saturated heterocycles. The van der Waals surface area contributed by atoms with Gasteiger partial charge in [-0.05, 0) is 18.1 Å². The van der Waals surface area contributed by atoms with E-state index in [1.165, 1.54) is 11.8 Å². The molecule has 0 aliphatic heterocycles. The molecule has 0 N–H and O–H groups in total. The van der Waals surface area contributed by atoms with Crippen LogP contribution in [0.25, 0.3) is 0 Å². The Bertz CT molecular complexity index is 704. The van der Waals surface area contributed by atoms with E-state index in [0.29, 0.717) is 24.1 Å². The van der Waals surface area contributed by atoms with Crippen LogP contribution in [0.1, 0.15) is 31.3 Å². The van der Waals surface area contributed by atoms with Gasteiger partial charge in [-0.2, -0.15) is 4.98 Å². The summed E-state index contributed by atoms with van der Waals surface area (Å²) < 4.78 is 12.5. The van der Waals surface area contributed by atoms with Crippen molar-refractivity contribution in [3.63, 3.8) is 0 Å². The molecule has 0 radical (unpaired) electrons. The van der Waals surface area contributed by atoms with Crippen LogP contribution in [0.4, 0.5) is 0 Å². The summed E-state index contributed by atoms with van der Waals surface area (Å²) in [5.41, 5.74) is 0. The van der Waals surface area contributed by atoms with Crippen LogP contribution in [-0.2, 0) is 18.7 Å². The van der Waals surface area contributed by atoms with Crippen molar-refractivity contribution in [2.24, 2.45) is 5.92 Å². The van der Waals surface area contributed by atoms with Crippen LogP contribution in [0.3, 0.4) is 0 Å². The third-order valence-corrected chi connectivity index (χ3v) is 3.88. The van der Waals surface area contributed by atoms with E-state index in [1.807, 2.05) is 16.7 Å². The van der Waals surface area contributed by atoms with Gasteiger partial charge in [0.25, 0.3) is 0 Å². The summed E-state index contributed by atoms with van der Waals surface area (Å²) in [6.45, 7) is 4.86. The highest BCUT2D eigenvalue weighted by Gasteiger charge is 2.12. The van der Waals surface area contributed by atoms with Crippen LogP contribution in [0.2, 0.25) is 0 Å². The summed E-state index contributed by atoms with van der Waals surface area (Å²) in [5.74, 6) is 3.30. The van der Waals surface area contributed by atoms with E-state index < -0.39 is 0 Å². The summed E-state index contributed by atoms with van der Waals surface area (Å²) >= 11 is 1.51. The lowest BCUT2D eigenvalue weighted by Crippen LogP contribution is -1.99. The van der Waals surface area contributed by atoms with Crippen LogP contribution in [-0.4, -0.2) is 24.9 Å². The zero-order valence-corrected chi connectivity index (χ0v) is 13.3. The second-order valence-corrected chi connectivity index (χ2v) is 6.25. The van der Waals surface area contributed by atoms with Gasteiger partial charge in [0.15, 0.2) is 11.0 Å². The van der Waals surface area contributed by atoms with Gasteiger partial charge in [-0.3, -0.25) is 0 Å². The monoisotopic (exact) mass is 319 g/mol. The standard InChI is InChI=1S/C14H17N5O2S/c1-10(2)6-12-16-13(21-18-12)8-22-14-17-15-9-19(14)7-11-4-3-5-20-11/h3-5,9-10H,6-8H2,1-2H3. The average Bonchev–Trinajstić information content (AvgIpc) is 3.19. The first-order chi connectivity index (χ1) is 10.7. The molecule has 3 heterocycles. The van der Waals surface area contributed by atoms with Crippen LogP contribution in [0, 0.1) is 5.92 Å². The molecule has 0 spiro atoms. The Morgan fingerprint density at radius 3 is 3.05 bits per heavy atom. The summed E-state index contributed by atoms with van der Waals surface area (Å²) in [6, 6.07) is 3.78. The van der Waals surface area contributed by atoms with E-state index >= 15 is 0 Å². The minimum atomic E-state index is 0.509. The molecule has 7 nitrogen and oxygen atoms in total. The molecule has 0 unspecified atom stereocenters. The highest BCUT2D eigenvalue weighted by Crippen LogP contribution is 2.21. The average molecular weight is 319 g/mol. The third kappa shape index (κ3) is 3.76. The number of rotatable bonds is 7. The van der Waals surface area contributed by atoms with Gasteiger partial charge < -0.3 is 13.5 Å². The second kappa shape index (κ2) is 6.78. The minimum absolute atomic E-state index is 0.509. The highest BCUT2D eigenvalue weighted by molar-refractivity contribution is 7.98. The lowest BCUT2D eigenvalue weighted by molar-refractivity contribution is 0.382. The quantitative estimate of drug-likeness (QED) is 0.619. The second-order valence-electron chi connectivity index (χ2n) is 5.31. The van der Waals surface area contributed by atoms with Gasteiger partial charge in [0.1, 0.15) is 12.1 Å². The number of furan rings is 1. The molecule has 0 saturated carbocycles. The molecular weight excluding hydrogens is 302 g/mol. The Kier molecular flexibility index (Phi) is 4.57. The van der Waals surface area contributed by atoms with Crippen molar-refractivity contribution in [3.05, 3.63) is 42.2 Å². The molecule has 3 aromatic heterocycles. The number of nitrogens with zero attached hydrogens (tertiary/aromatic N) is 5. The fourth-order valence-electron chi connectivity index (χ4n) is 1.96. The van der Waals surface area contributed by atoms with Crippen LogP contribution in [0.15, 0.2) is 38.8 Å². The van der Waals surface area contributed by atoms with Gasteiger partial charge in [-0.1, -0.05) is 30.8 Å². The largest absolute Gasteiger partial charge is 0.467 e. The molecule has 0 aromatic carbocycles. The number of hydrogen-bond acceptors (Lipinski definition) is 7. The Morgan fingerprint density at radius 1 is 1.36 bits per heavy atom. The molecule has 22 heavy (non-hydrogen) atoms. The van der Waals surface area contributed by atoms with Crippen LogP contribution < -0.4 is 0 Å². The van der Waals surface area contributed by atoms with Crippen molar-refractivity contribution in [1.29, 1.82) is 0 Å². The molecule has 116 valence electrons. The van der Waals surface area contributed by atoms with Crippen LogP contribution in [0.5, 0.6) is 0 Å². The zero-order chi connectivity index (χ0) is 15.4. The van der Waals surface area contributed by atoms with E-state index in [4.69, 9.17) is 8.94 Å². The lowest BCUT2D eigenvalue weighted by Gasteiger charge is -2.02. The first-order valence-corrected chi connectivity index (χ1v) is 8.03. The minimum Gasteiger partial charge on any atom is -0.467 e. The van der Waals surface area contributed by atoms with Gasteiger partial charge in [-0.15, -0.1) is 10.2 Å². The SMILES string of the molecule is CC(C)Cc1noc(CSc2nncn2Cc2ccco2)n1. The number of aromatic nitrogens is 5. The first kappa shape index (κ1) is 14.8. The van der Waals surface area contributed by atoms with E-state index in [2.05, 4.69) is 34.2 Å². The van der Waals surface area contributed by atoms with E-state index in [1.54, 1.807) is 12.6 Å². The Balaban J connectivity index is 1.60. The Hall–Kier alpha value is -2.09. The normalized spacial score (nSPS) is 11.4. The molecule has 0 aliphatic rings.